The highest BCUT2D eigenvalue weighted by Crippen LogP contribution is 2.22. The van der Waals surface area contributed by atoms with Gasteiger partial charge in [-0.15, -0.1) is 0 Å². The smallest absolute Gasteiger partial charge is 0.243 e. The summed E-state index contributed by atoms with van der Waals surface area (Å²) in [5.74, 6) is 0. The van der Waals surface area contributed by atoms with E-state index in [1.807, 2.05) is 19.9 Å². The van der Waals surface area contributed by atoms with E-state index in [1.54, 1.807) is 25.3 Å². The predicted molar refractivity (Wildman–Crippen MR) is 75.9 cm³/mol. The molecule has 1 aliphatic rings. The molecule has 20 heavy (non-hydrogen) atoms. The lowest BCUT2D eigenvalue weighted by atomic mass is 10.2. The Balaban J connectivity index is 2.27. The van der Waals surface area contributed by atoms with E-state index in [0.29, 0.717) is 24.6 Å². The highest BCUT2D eigenvalue weighted by molar-refractivity contribution is 7.89. The van der Waals surface area contributed by atoms with Gasteiger partial charge < -0.3 is 9.47 Å². The fourth-order valence-corrected chi connectivity index (χ4v) is 4.10. The van der Waals surface area contributed by atoms with Gasteiger partial charge in [-0.25, -0.2) is 8.42 Å². The molecule has 1 fully saturated rings. The van der Waals surface area contributed by atoms with Crippen molar-refractivity contribution in [3.05, 3.63) is 29.8 Å². The summed E-state index contributed by atoms with van der Waals surface area (Å²) in [6, 6.07) is 6.89. The maximum atomic E-state index is 12.7. The molecule has 112 valence electrons. The zero-order valence-corrected chi connectivity index (χ0v) is 12.9. The van der Waals surface area contributed by atoms with Crippen molar-refractivity contribution in [2.75, 3.05) is 20.2 Å². The Hall–Kier alpha value is -0.950. The molecule has 0 unspecified atom stereocenters. The second-order valence-electron chi connectivity index (χ2n) is 5.16. The van der Waals surface area contributed by atoms with Crippen LogP contribution in [0.15, 0.2) is 29.2 Å². The van der Waals surface area contributed by atoms with Crippen LogP contribution in [0.4, 0.5) is 0 Å². The molecule has 1 saturated heterocycles. The van der Waals surface area contributed by atoms with Gasteiger partial charge in [-0.1, -0.05) is 12.1 Å². The lowest BCUT2D eigenvalue weighted by molar-refractivity contribution is -0.0440. The molecule has 1 aliphatic heterocycles. The van der Waals surface area contributed by atoms with E-state index < -0.39 is 10.0 Å². The third kappa shape index (κ3) is 3.38. The minimum absolute atomic E-state index is 0.0873. The van der Waals surface area contributed by atoms with Crippen LogP contribution in [0.3, 0.4) is 0 Å². The first-order valence-electron chi connectivity index (χ1n) is 6.67. The van der Waals surface area contributed by atoms with Gasteiger partial charge in [-0.3, -0.25) is 0 Å². The number of nitrogens with zero attached hydrogens (tertiary/aromatic N) is 1. The molecule has 1 heterocycles. The van der Waals surface area contributed by atoms with Gasteiger partial charge in [0, 0.05) is 20.2 Å². The SMILES string of the molecule is COCc1cccc(S(=O)(=O)N2C[C@H](C)O[C@@H](C)C2)c1. The van der Waals surface area contributed by atoms with Gasteiger partial charge in [-0.2, -0.15) is 4.31 Å². The highest BCUT2D eigenvalue weighted by atomic mass is 32.2. The number of morpholine rings is 1. The molecule has 0 spiro atoms. The van der Waals surface area contributed by atoms with Crippen LogP contribution in [0, 0.1) is 0 Å². The van der Waals surface area contributed by atoms with Gasteiger partial charge in [0.2, 0.25) is 10.0 Å². The van der Waals surface area contributed by atoms with E-state index in [-0.39, 0.29) is 12.2 Å². The van der Waals surface area contributed by atoms with Gasteiger partial charge in [0.1, 0.15) is 0 Å². The van der Waals surface area contributed by atoms with Gasteiger partial charge in [0.25, 0.3) is 0 Å². The predicted octanol–water partition coefficient (Wildman–Crippen LogP) is 1.63. The van der Waals surface area contributed by atoms with Crippen LogP contribution in [0.1, 0.15) is 19.4 Å². The van der Waals surface area contributed by atoms with Crippen molar-refractivity contribution in [3.63, 3.8) is 0 Å². The summed E-state index contributed by atoms with van der Waals surface area (Å²) in [6.45, 7) is 4.96. The van der Waals surface area contributed by atoms with E-state index in [2.05, 4.69) is 0 Å². The minimum atomic E-state index is -3.47. The summed E-state index contributed by atoms with van der Waals surface area (Å²) in [5.41, 5.74) is 0.850. The second-order valence-corrected chi connectivity index (χ2v) is 7.10. The molecule has 1 aromatic rings. The van der Waals surface area contributed by atoms with E-state index in [1.165, 1.54) is 4.31 Å². The van der Waals surface area contributed by atoms with Crippen molar-refractivity contribution in [2.45, 2.75) is 37.6 Å². The molecule has 5 nitrogen and oxygen atoms in total. The molecule has 2 atom stereocenters. The number of methoxy groups -OCH3 is 1. The van der Waals surface area contributed by atoms with Crippen LogP contribution in [-0.4, -0.2) is 45.1 Å². The third-order valence-electron chi connectivity index (χ3n) is 3.23. The molecule has 0 radical (unpaired) electrons. The van der Waals surface area contributed by atoms with E-state index in [9.17, 15) is 8.42 Å². The lowest BCUT2D eigenvalue weighted by Gasteiger charge is -2.34. The zero-order chi connectivity index (χ0) is 14.8. The van der Waals surface area contributed by atoms with Gasteiger partial charge in [-0.05, 0) is 31.5 Å². The number of sulfonamides is 1. The standard InChI is InChI=1S/C14H21NO4S/c1-11-8-15(9-12(2)19-11)20(16,17)14-6-4-5-13(7-14)10-18-3/h4-7,11-12H,8-10H2,1-3H3/t11-,12-/m0/s1. The minimum Gasteiger partial charge on any atom is -0.380 e. The Morgan fingerprint density at radius 1 is 1.30 bits per heavy atom. The largest absolute Gasteiger partial charge is 0.380 e. The first kappa shape index (κ1) is 15.4. The molecule has 1 aromatic carbocycles. The molecular formula is C14H21NO4S. The quantitative estimate of drug-likeness (QED) is 0.848. The number of rotatable bonds is 4. The summed E-state index contributed by atoms with van der Waals surface area (Å²) >= 11 is 0. The monoisotopic (exact) mass is 299 g/mol. The van der Waals surface area contributed by atoms with Crippen LogP contribution in [0.2, 0.25) is 0 Å². The summed E-state index contributed by atoms with van der Waals surface area (Å²) in [5, 5.41) is 0. The first-order chi connectivity index (χ1) is 9.43. The fourth-order valence-electron chi connectivity index (χ4n) is 2.44. The van der Waals surface area contributed by atoms with Gasteiger partial charge >= 0.3 is 0 Å². The normalized spacial score (nSPS) is 24.8. The van der Waals surface area contributed by atoms with Crippen molar-refractivity contribution >= 4 is 10.0 Å². The third-order valence-corrected chi connectivity index (χ3v) is 5.06. The Morgan fingerprint density at radius 3 is 2.55 bits per heavy atom. The van der Waals surface area contributed by atoms with E-state index >= 15 is 0 Å². The van der Waals surface area contributed by atoms with Crippen molar-refractivity contribution < 1.29 is 17.9 Å². The van der Waals surface area contributed by atoms with Crippen molar-refractivity contribution in [2.24, 2.45) is 0 Å². The average Bonchev–Trinajstić information content (AvgIpc) is 2.38. The molecule has 0 aromatic heterocycles. The number of ether oxygens (including phenoxy) is 2. The molecule has 2 rings (SSSR count). The molecule has 0 bridgehead atoms. The summed E-state index contributed by atoms with van der Waals surface area (Å²) < 4.78 is 37.5. The second kappa shape index (κ2) is 6.22. The first-order valence-corrected chi connectivity index (χ1v) is 8.11. The Kier molecular flexibility index (Phi) is 4.80. The molecular weight excluding hydrogens is 278 g/mol. The van der Waals surface area contributed by atoms with Crippen LogP contribution in [0.5, 0.6) is 0 Å². The van der Waals surface area contributed by atoms with Crippen molar-refractivity contribution in [3.8, 4) is 0 Å². The topological polar surface area (TPSA) is 55.8 Å². The summed E-state index contributed by atoms with van der Waals surface area (Å²) in [4.78, 5) is 0.313. The Labute approximate surface area is 120 Å². The van der Waals surface area contributed by atoms with Crippen LogP contribution in [-0.2, 0) is 26.1 Å². The maximum Gasteiger partial charge on any atom is 0.243 e. The summed E-state index contributed by atoms with van der Waals surface area (Å²) in [6.07, 6.45) is -0.175. The highest BCUT2D eigenvalue weighted by Gasteiger charge is 2.32. The van der Waals surface area contributed by atoms with Gasteiger partial charge in [0.15, 0.2) is 0 Å². The molecule has 0 aliphatic carbocycles. The molecule has 0 N–H and O–H groups in total. The van der Waals surface area contributed by atoms with Crippen molar-refractivity contribution in [1.82, 2.24) is 4.31 Å². The molecule has 0 amide bonds. The van der Waals surface area contributed by atoms with Crippen LogP contribution in [0.25, 0.3) is 0 Å². The maximum absolute atomic E-state index is 12.7. The Bertz CT molecular complexity index is 548. The number of benzene rings is 1. The van der Waals surface area contributed by atoms with Crippen molar-refractivity contribution in [1.29, 1.82) is 0 Å². The molecule has 6 heteroatoms. The van der Waals surface area contributed by atoms with E-state index in [4.69, 9.17) is 9.47 Å². The van der Waals surface area contributed by atoms with E-state index in [0.717, 1.165) is 5.56 Å². The number of hydrogen-bond donors (Lipinski definition) is 0. The average molecular weight is 299 g/mol. The molecule has 0 saturated carbocycles. The zero-order valence-electron chi connectivity index (χ0n) is 12.1. The number of hydrogen-bond acceptors (Lipinski definition) is 4. The Morgan fingerprint density at radius 2 is 1.95 bits per heavy atom. The fraction of sp³-hybridized carbons (Fsp3) is 0.571. The van der Waals surface area contributed by atoms with Gasteiger partial charge in [0.05, 0.1) is 23.7 Å². The van der Waals surface area contributed by atoms with Crippen LogP contribution >= 0.6 is 0 Å². The van der Waals surface area contributed by atoms with Crippen LogP contribution < -0.4 is 0 Å². The summed E-state index contributed by atoms with van der Waals surface area (Å²) in [7, 11) is -1.88. The lowest BCUT2D eigenvalue weighted by Crippen LogP contribution is -2.48.